The fourth-order valence-electron chi connectivity index (χ4n) is 0.428. The summed E-state index contributed by atoms with van der Waals surface area (Å²) in [7, 11) is 0. The third kappa shape index (κ3) is 2.58. The van der Waals surface area contributed by atoms with E-state index in [0.29, 0.717) is 0 Å². The summed E-state index contributed by atoms with van der Waals surface area (Å²) in [6.45, 7) is 0. The molecule has 0 aromatic heterocycles. The van der Waals surface area contributed by atoms with E-state index in [1.165, 1.54) is 0 Å². The number of hydrogen-bond donors (Lipinski definition) is 1. The van der Waals surface area contributed by atoms with Gasteiger partial charge >= 0.3 is 0 Å². The molecule has 0 aliphatic heterocycles. The monoisotopic (exact) mass is 217 g/mol. The third-order valence-corrected chi connectivity index (χ3v) is 1.05. The standard InChI is InChI=1S/C6H6S.Ag/c7-6-4-2-1-3-5-6;/h1-5,7H;. The predicted molar refractivity (Wildman–Crippen MR) is 33.7 cm³/mol. The van der Waals surface area contributed by atoms with Crippen LogP contribution >= 0.6 is 12.6 Å². The molecular weight excluding hydrogens is 212 g/mol. The van der Waals surface area contributed by atoms with Crippen LogP contribution in [0, 0.1) is 0 Å². The first-order valence-electron chi connectivity index (χ1n) is 2.13. The molecule has 1 rings (SSSR count). The number of hydrogen-bond acceptors (Lipinski definition) is 1. The number of rotatable bonds is 0. The van der Waals surface area contributed by atoms with Crippen LogP contribution in [-0.4, -0.2) is 0 Å². The van der Waals surface area contributed by atoms with Crippen LogP contribution in [0.15, 0.2) is 35.2 Å². The van der Waals surface area contributed by atoms with E-state index in [2.05, 4.69) is 12.6 Å². The van der Waals surface area contributed by atoms with Gasteiger partial charge in [-0.3, -0.25) is 0 Å². The molecule has 0 unspecified atom stereocenters. The number of benzene rings is 1. The largest absolute Gasteiger partial charge is 0.143 e. The SMILES string of the molecule is Sc1ccccc1.[Ag]. The van der Waals surface area contributed by atoms with Crippen molar-refractivity contribution in [2.24, 2.45) is 0 Å². The van der Waals surface area contributed by atoms with Gasteiger partial charge in [0.1, 0.15) is 0 Å². The zero-order chi connectivity index (χ0) is 5.11. The molecule has 0 saturated carbocycles. The molecule has 8 heavy (non-hydrogen) atoms. The second-order valence-electron chi connectivity index (χ2n) is 1.34. The minimum Gasteiger partial charge on any atom is -0.143 e. The fraction of sp³-hybridized carbons (Fsp3) is 0. The van der Waals surface area contributed by atoms with E-state index >= 15 is 0 Å². The molecule has 0 heterocycles. The smallest absolute Gasteiger partial charge is 0.00399 e. The molecule has 0 nitrogen and oxygen atoms in total. The van der Waals surface area contributed by atoms with Crippen molar-refractivity contribution in [1.82, 2.24) is 0 Å². The molecule has 1 aromatic rings. The molecule has 0 N–H and O–H groups in total. The van der Waals surface area contributed by atoms with Crippen LogP contribution in [0.3, 0.4) is 0 Å². The van der Waals surface area contributed by atoms with Crippen molar-refractivity contribution in [3.63, 3.8) is 0 Å². The Morgan fingerprint density at radius 1 is 1.00 bits per heavy atom. The quantitative estimate of drug-likeness (QED) is 0.499. The van der Waals surface area contributed by atoms with Crippen molar-refractivity contribution in [3.8, 4) is 0 Å². The van der Waals surface area contributed by atoms with E-state index < -0.39 is 0 Å². The van der Waals surface area contributed by atoms with Crippen LogP contribution in [0.5, 0.6) is 0 Å². The number of thiol groups is 1. The zero-order valence-electron chi connectivity index (χ0n) is 4.14. The van der Waals surface area contributed by atoms with Crippen molar-refractivity contribution in [2.45, 2.75) is 4.90 Å². The van der Waals surface area contributed by atoms with Gasteiger partial charge in [0.05, 0.1) is 0 Å². The van der Waals surface area contributed by atoms with Gasteiger partial charge in [-0.15, -0.1) is 12.6 Å². The average molecular weight is 218 g/mol. The molecule has 0 saturated heterocycles. The summed E-state index contributed by atoms with van der Waals surface area (Å²) in [4.78, 5) is 1.02. The van der Waals surface area contributed by atoms with Gasteiger partial charge in [0.2, 0.25) is 0 Å². The molecule has 0 fully saturated rings. The van der Waals surface area contributed by atoms with Crippen molar-refractivity contribution in [3.05, 3.63) is 30.3 Å². The van der Waals surface area contributed by atoms with Gasteiger partial charge in [-0.25, -0.2) is 0 Å². The van der Waals surface area contributed by atoms with E-state index in [1.807, 2.05) is 30.3 Å². The first kappa shape index (κ1) is 8.31. The molecule has 0 amide bonds. The second kappa shape index (κ2) is 4.22. The summed E-state index contributed by atoms with van der Waals surface area (Å²) in [6.07, 6.45) is 0. The topological polar surface area (TPSA) is 0 Å². The maximum atomic E-state index is 4.08. The maximum absolute atomic E-state index is 4.08. The van der Waals surface area contributed by atoms with Crippen molar-refractivity contribution < 1.29 is 22.4 Å². The van der Waals surface area contributed by atoms with Gasteiger partial charge in [0, 0.05) is 27.3 Å². The zero-order valence-corrected chi connectivity index (χ0v) is 6.51. The Kier molecular flexibility index (Phi) is 4.38. The molecule has 0 aliphatic carbocycles. The van der Waals surface area contributed by atoms with Gasteiger partial charge in [-0.1, -0.05) is 18.2 Å². The van der Waals surface area contributed by atoms with Crippen LogP contribution in [-0.2, 0) is 22.4 Å². The minimum atomic E-state index is 0. The van der Waals surface area contributed by atoms with Gasteiger partial charge in [-0.2, -0.15) is 0 Å². The molecule has 0 atom stereocenters. The molecule has 1 aromatic carbocycles. The van der Waals surface area contributed by atoms with Crippen LogP contribution < -0.4 is 0 Å². The summed E-state index contributed by atoms with van der Waals surface area (Å²) in [5.41, 5.74) is 0. The van der Waals surface area contributed by atoms with E-state index in [9.17, 15) is 0 Å². The maximum Gasteiger partial charge on any atom is 0.00399 e. The Labute approximate surface area is 70.2 Å². The second-order valence-corrected chi connectivity index (χ2v) is 1.85. The Morgan fingerprint density at radius 2 is 1.50 bits per heavy atom. The summed E-state index contributed by atoms with van der Waals surface area (Å²) in [5.74, 6) is 0. The fourth-order valence-corrected chi connectivity index (χ4v) is 0.600. The van der Waals surface area contributed by atoms with E-state index in [1.54, 1.807) is 0 Å². The Bertz CT molecular complexity index is 138. The summed E-state index contributed by atoms with van der Waals surface area (Å²) < 4.78 is 0. The van der Waals surface area contributed by atoms with E-state index in [4.69, 9.17) is 0 Å². The normalized spacial score (nSPS) is 7.62. The first-order valence-corrected chi connectivity index (χ1v) is 2.58. The Hall–Kier alpha value is 0.310. The molecule has 47 valence electrons. The van der Waals surface area contributed by atoms with Crippen molar-refractivity contribution in [2.75, 3.05) is 0 Å². The molecule has 1 radical (unpaired) electrons. The summed E-state index contributed by atoms with van der Waals surface area (Å²) >= 11 is 4.08. The molecule has 0 spiro atoms. The van der Waals surface area contributed by atoms with Crippen molar-refractivity contribution in [1.29, 1.82) is 0 Å². The Morgan fingerprint density at radius 3 is 1.75 bits per heavy atom. The minimum absolute atomic E-state index is 0. The van der Waals surface area contributed by atoms with Crippen molar-refractivity contribution >= 4 is 12.6 Å². The Balaban J connectivity index is 0.000000490. The van der Waals surface area contributed by atoms with Gasteiger partial charge in [-0.05, 0) is 12.1 Å². The summed E-state index contributed by atoms with van der Waals surface area (Å²) in [6, 6.07) is 9.79. The molecule has 2 heteroatoms. The predicted octanol–water partition coefficient (Wildman–Crippen LogP) is 1.97. The van der Waals surface area contributed by atoms with E-state index in [-0.39, 0.29) is 22.4 Å². The molecule has 0 bridgehead atoms. The molecular formula is C6H6AgS. The van der Waals surface area contributed by atoms with Crippen LogP contribution in [0.25, 0.3) is 0 Å². The third-order valence-electron chi connectivity index (χ3n) is 0.756. The first-order chi connectivity index (χ1) is 3.39. The van der Waals surface area contributed by atoms with Crippen LogP contribution in [0.4, 0.5) is 0 Å². The molecule has 0 aliphatic rings. The van der Waals surface area contributed by atoms with Crippen LogP contribution in [0.2, 0.25) is 0 Å². The van der Waals surface area contributed by atoms with E-state index in [0.717, 1.165) is 4.90 Å². The summed E-state index contributed by atoms with van der Waals surface area (Å²) in [5, 5.41) is 0. The van der Waals surface area contributed by atoms with Crippen LogP contribution in [0.1, 0.15) is 0 Å². The van der Waals surface area contributed by atoms with Gasteiger partial charge < -0.3 is 0 Å². The van der Waals surface area contributed by atoms with Gasteiger partial charge in [0.15, 0.2) is 0 Å². The van der Waals surface area contributed by atoms with Gasteiger partial charge in [0.25, 0.3) is 0 Å². The average Bonchev–Trinajstić information content (AvgIpc) is 1.69.